The summed E-state index contributed by atoms with van der Waals surface area (Å²) in [6.45, 7) is 9.59. The molecule has 1 fully saturated rings. The normalized spacial score (nSPS) is 14.5. The summed E-state index contributed by atoms with van der Waals surface area (Å²) in [4.78, 5) is 19.7. The average molecular weight is 460 g/mol. The van der Waals surface area contributed by atoms with E-state index in [0.717, 1.165) is 41.2 Å². The summed E-state index contributed by atoms with van der Waals surface area (Å²) in [5, 5.41) is 11.8. The van der Waals surface area contributed by atoms with Crippen molar-refractivity contribution in [2.24, 2.45) is 0 Å². The van der Waals surface area contributed by atoms with E-state index in [2.05, 4.69) is 20.4 Å². The smallest absolute Gasteiger partial charge is 0.272 e. The molecule has 3 aromatic heterocycles. The first kappa shape index (κ1) is 22.1. The van der Waals surface area contributed by atoms with Crippen LogP contribution in [0.2, 0.25) is 0 Å². The Hall–Kier alpha value is -3.72. The summed E-state index contributed by atoms with van der Waals surface area (Å²) in [7, 11) is 0. The van der Waals surface area contributed by atoms with Crippen LogP contribution in [0, 0.1) is 0 Å². The van der Waals surface area contributed by atoms with Gasteiger partial charge in [0.15, 0.2) is 0 Å². The monoisotopic (exact) mass is 459 g/mol. The van der Waals surface area contributed by atoms with Crippen LogP contribution in [0.3, 0.4) is 0 Å². The lowest BCUT2D eigenvalue weighted by Crippen LogP contribution is -2.37. The molecule has 0 radical (unpaired) electrons. The lowest BCUT2D eigenvalue weighted by Gasteiger charge is -2.28. The fourth-order valence-electron chi connectivity index (χ4n) is 3.94. The molecule has 1 aliphatic heterocycles. The van der Waals surface area contributed by atoms with Gasteiger partial charge in [0.1, 0.15) is 11.5 Å². The number of ether oxygens (including phenoxy) is 1. The Kier molecular flexibility index (Phi) is 5.79. The Bertz CT molecular complexity index is 1300. The van der Waals surface area contributed by atoms with Crippen LogP contribution >= 0.6 is 0 Å². The quantitative estimate of drug-likeness (QED) is 0.493. The topological polar surface area (TPSA) is 89.6 Å². The molecule has 1 aliphatic rings. The number of aromatic nitrogens is 5. The molecule has 0 bridgehead atoms. The van der Waals surface area contributed by atoms with E-state index < -0.39 is 0 Å². The van der Waals surface area contributed by atoms with E-state index in [4.69, 9.17) is 9.72 Å². The molecule has 4 aromatic rings. The van der Waals surface area contributed by atoms with Crippen LogP contribution in [0.1, 0.15) is 36.8 Å². The lowest BCUT2D eigenvalue weighted by molar-refractivity contribution is 0.0944. The highest BCUT2D eigenvalue weighted by Crippen LogP contribution is 2.26. The molecule has 1 N–H and O–H groups in total. The standard InChI is InChI=1S/C25H29N7O2/c1-25(2,3)32-11-9-20(29-32)24(33)26-16-18-4-6-19(7-5-18)23-21-8-10-27-31(21)17-22(28-23)30-12-14-34-15-13-30/h4-11,17H,12-16H2,1-3H3,(H,26,33). The number of rotatable bonds is 5. The van der Waals surface area contributed by atoms with Gasteiger partial charge in [-0.25, -0.2) is 9.50 Å². The van der Waals surface area contributed by atoms with Gasteiger partial charge in [-0.1, -0.05) is 24.3 Å². The highest BCUT2D eigenvalue weighted by atomic mass is 16.5. The largest absolute Gasteiger partial charge is 0.378 e. The molecular weight excluding hydrogens is 430 g/mol. The van der Waals surface area contributed by atoms with E-state index in [-0.39, 0.29) is 11.4 Å². The summed E-state index contributed by atoms with van der Waals surface area (Å²) >= 11 is 0. The Labute approximate surface area is 198 Å². The molecule has 5 rings (SSSR count). The first-order chi connectivity index (χ1) is 16.4. The molecular formula is C25H29N7O2. The second-order valence-electron chi connectivity index (χ2n) is 9.40. The van der Waals surface area contributed by atoms with Crippen LogP contribution in [-0.2, 0) is 16.8 Å². The highest BCUT2D eigenvalue weighted by Gasteiger charge is 2.18. The van der Waals surface area contributed by atoms with E-state index in [0.29, 0.717) is 25.5 Å². The fraction of sp³-hybridized carbons (Fsp3) is 0.360. The summed E-state index contributed by atoms with van der Waals surface area (Å²) in [5.74, 6) is 0.702. The van der Waals surface area contributed by atoms with Gasteiger partial charge in [0, 0.05) is 31.4 Å². The number of hydrogen-bond donors (Lipinski definition) is 1. The maximum atomic E-state index is 12.5. The third kappa shape index (κ3) is 4.51. The molecule has 1 aromatic carbocycles. The first-order valence-electron chi connectivity index (χ1n) is 11.5. The van der Waals surface area contributed by atoms with Crippen molar-refractivity contribution in [2.75, 3.05) is 31.2 Å². The number of morpholine rings is 1. The van der Waals surface area contributed by atoms with Crippen molar-refractivity contribution in [3.8, 4) is 11.3 Å². The van der Waals surface area contributed by atoms with Crippen LogP contribution in [-0.4, -0.2) is 56.6 Å². The number of anilines is 1. The Morgan fingerprint density at radius 2 is 1.85 bits per heavy atom. The lowest BCUT2D eigenvalue weighted by atomic mass is 10.1. The zero-order chi connectivity index (χ0) is 23.7. The predicted octanol–water partition coefficient (Wildman–Crippen LogP) is 3.11. The van der Waals surface area contributed by atoms with E-state index in [1.54, 1.807) is 16.9 Å². The minimum absolute atomic E-state index is 0.164. The minimum Gasteiger partial charge on any atom is -0.378 e. The number of benzene rings is 1. The summed E-state index contributed by atoms with van der Waals surface area (Å²) in [6.07, 6.45) is 5.59. The van der Waals surface area contributed by atoms with Crippen molar-refractivity contribution in [3.05, 3.63) is 66.2 Å². The van der Waals surface area contributed by atoms with Gasteiger partial charge in [0.2, 0.25) is 0 Å². The molecule has 176 valence electrons. The van der Waals surface area contributed by atoms with Crippen LogP contribution in [0.15, 0.2) is 55.0 Å². The van der Waals surface area contributed by atoms with E-state index in [9.17, 15) is 4.79 Å². The van der Waals surface area contributed by atoms with Gasteiger partial charge >= 0.3 is 0 Å². The van der Waals surface area contributed by atoms with Gasteiger partial charge < -0.3 is 15.0 Å². The molecule has 4 heterocycles. The van der Waals surface area contributed by atoms with Gasteiger partial charge in [0.25, 0.3) is 5.91 Å². The molecule has 9 nitrogen and oxygen atoms in total. The van der Waals surface area contributed by atoms with E-state index >= 15 is 0 Å². The van der Waals surface area contributed by atoms with Crippen molar-refractivity contribution in [2.45, 2.75) is 32.9 Å². The molecule has 1 amide bonds. The zero-order valence-electron chi connectivity index (χ0n) is 19.7. The number of carbonyl (C=O) groups is 1. The van der Waals surface area contributed by atoms with Crippen molar-refractivity contribution in [3.63, 3.8) is 0 Å². The van der Waals surface area contributed by atoms with Gasteiger partial charge in [-0.2, -0.15) is 10.2 Å². The van der Waals surface area contributed by atoms with Crippen LogP contribution in [0.4, 0.5) is 5.82 Å². The summed E-state index contributed by atoms with van der Waals surface area (Å²) in [6, 6.07) is 11.8. The second kappa shape index (κ2) is 8.90. The summed E-state index contributed by atoms with van der Waals surface area (Å²) in [5.41, 5.74) is 4.08. The molecule has 0 saturated carbocycles. The van der Waals surface area contributed by atoms with Crippen molar-refractivity contribution < 1.29 is 9.53 Å². The third-order valence-electron chi connectivity index (χ3n) is 5.90. The van der Waals surface area contributed by atoms with E-state index in [1.165, 1.54) is 0 Å². The van der Waals surface area contributed by atoms with Gasteiger partial charge in [-0.15, -0.1) is 0 Å². The zero-order valence-corrected chi connectivity index (χ0v) is 19.7. The van der Waals surface area contributed by atoms with Crippen LogP contribution < -0.4 is 10.2 Å². The van der Waals surface area contributed by atoms with Gasteiger partial charge in [-0.05, 0) is 38.5 Å². The number of carbonyl (C=O) groups excluding carboxylic acids is 1. The van der Waals surface area contributed by atoms with Crippen LogP contribution in [0.25, 0.3) is 16.8 Å². The van der Waals surface area contributed by atoms with Crippen LogP contribution in [0.5, 0.6) is 0 Å². The van der Waals surface area contributed by atoms with Gasteiger partial charge in [0.05, 0.1) is 42.4 Å². The predicted molar refractivity (Wildman–Crippen MR) is 130 cm³/mol. The Balaban J connectivity index is 1.32. The molecule has 9 heteroatoms. The maximum Gasteiger partial charge on any atom is 0.272 e. The Morgan fingerprint density at radius 1 is 1.09 bits per heavy atom. The average Bonchev–Trinajstić information content (AvgIpc) is 3.53. The Morgan fingerprint density at radius 3 is 2.56 bits per heavy atom. The van der Waals surface area contributed by atoms with Crippen molar-refractivity contribution in [1.82, 2.24) is 29.7 Å². The number of nitrogens with zero attached hydrogens (tertiary/aromatic N) is 6. The molecule has 0 atom stereocenters. The molecule has 0 unspecified atom stereocenters. The second-order valence-corrected chi connectivity index (χ2v) is 9.40. The maximum absolute atomic E-state index is 12.5. The van der Waals surface area contributed by atoms with E-state index in [1.807, 2.05) is 68.0 Å². The van der Waals surface area contributed by atoms with Gasteiger partial charge in [-0.3, -0.25) is 9.48 Å². The number of hydrogen-bond acceptors (Lipinski definition) is 6. The number of amides is 1. The molecule has 34 heavy (non-hydrogen) atoms. The third-order valence-corrected chi connectivity index (χ3v) is 5.90. The number of nitrogens with one attached hydrogen (secondary N) is 1. The molecule has 1 saturated heterocycles. The fourth-order valence-corrected chi connectivity index (χ4v) is 3.94. The minimum atomic E-state index is -0.187. The summed E-state index contributed by atoms with van der Waals surface area (Å²) < 4.78 is 9.15. The first-order valence-corrected chi connectivity index (χ1v) is 11.5. The molecule has 0 aliphatic carbocycles. The molecule has 0 spiro atoms. The van der Waals surface area contributed by atoms with Crippen molar-refractivity contribution >= 4 is 17.2 Å². The highest BCUT2D eigenvalue weighted by molar-refractivity contribution is 5.92. The number of fused-ring (bicyclic) bond motifs is 1. The van der Waals surface area contributed by atoms with Crippen molar-refractivity contribution in [1.29, 1.82) is 0 Å². The SMILES string of the molecule is CC(C)(C)n1ccc(C(=O)NCc2ccc(-c3nc(N4CCOCC4)cn4nccc34)cc2)n1.